The molecule has 0 fully saturated rings. The zero-order valence-electron chi connectivity index (χ0n) is 9.73. The Labute approximate surface area is 96.4 Å². The first-order valence-electron chi connectivity index (χ1n) is 5.83. The van der Waals surface area contributed by atoms with E-state index in [9.17, 15) is 0 Å². The maximum absolute atomic E-state index is 6.05. The number of fused-ring (bicyclic) bond motifs is 2. The number of benzene rings is 1. The van der Waals surface area contributed by atoms with Gasteiger partial charge in [-0.05, 0) is 11.6 Å². The van der Waals surface area contributed by atoms with Crippen LogP contribution in [0.2, 0.25) is 0 Å². The van der Waals surface area contributed by atoms with E-state index in [2.05, 4.69) is 50.3 Å². The molecule has 16 heavy (non-hydrogen) atoms. The van der Waals surface area contributed by atoms with Crippen LogP contribution in [0, 0.1) is 0 Å². The van der Waals surface area contributed by atoms with Crippen molar-refractivity contribution in [3.63, 3.8) is 0 Å². The number of ether oxygens (including phenoxy) is 1. The lowest BCUT2D eigenvalue weighted by Crippen LogP contribution is -2.37. The van der Waals surface area contributed by atoms with Crippen LogP contribution in [-0.4, -0.2) is 6.10 Å². The van der Waals surface area contributed by atoms with E-state index < -0.39 is 0 Å². The summed E-state index contributed by atoms with van der Waals surface area (Å²) in [5, 5.41) is 0. The number of hydrogen-bond donors (Lipinski definition) is 0. The molecule has 3 rings (SSSR count). The van der Waals surface area contributed by atoms with Gasteiger partial charge in [0, 0.05) is 17.4 Å². The van der Waals surface area contributed by atoms with Crippen LogP contribution in [0.25, 0.3) is 0 Å². The summed E-state index contributed by atoms with van der Waals surface area (Å²) in [6.07, 6.45) is 7.76. The second kappa shape index (κ2) is 3.24. The predicted octanol–water partition coefficient (Wildman–Crippen LogP) is 3.61. The van der Waals surface area contributed by atoms with Gasteiger partial charge in [-0.1, -0.05) is 50.3 Å². The summed E-state index contributed by atoms with van der Waals surface area (Å²) < 4.78 is 6.05. The average molecular weight is 212 g/mol. The van der Waals surface area contributed by atoms with Crippen molar-refractivity contribution in [1.82, 2.24) is 0 Å². The Morgan fingerprint density at radius 1 is 1.25 bits per heavy atom. The van der Waals surface area contributed by atoms with Crippen LogP contribution in [0.15, 0.2) is 48.1 Å². The molecule has 82 valence electrons. The summed E-state index contributed by atoms with van der Waals surface area (Å²) in [5.74, 6) is 1.05. The number of allylic oxidation sites excluding steroid dienone is 2. The summed E-state index contributed by atoms with van der Waals surface area (Å²) in [4.78, 5) is 0. The van der Waals surface area contributed by atoms with E-state index in [0.29, 0.717) is 0 Å². The Balaban J connectivity index is 2.19. The van der Waals surface area contributed by atoms with Crippen LogP contribution >= 0.6 is 0 Å². The molecule has 0 bridgehead atoms. The smallest absolute Gasteiger partial charge is 0.124 e. The van der Waals surface area contributed by atoms with Crippen molar-refractivity contribution in [2.24, 2.45) is 0 Å². The van der Waals surface area contributed by atoms with Crippen molar-refractivity contribution in [2.45, 2.75) is 31.8 Å². The van der Waals surface area contributed by atoms with Crippen LogP contribution in [0.5, 0.6) is 5.75 Å². The highest BCUT2D eigenvalue weighted by Gasteiger charge is 2.38. The molecule has 1 unspecified atom stereocenters. The Kier molecular flexibility index (Phi) is 1.97. The lowest BCUT2D eigenvalue weighted by molar-refractivity contribution is 0.196. The highest BCUT2D eigenvalue weighted by atomic mass is 16.5. The third-order valence-corrected chi connectivity index (χ3v) is 3.66. The van der Waals surface area contributed by atoms with Gasteiger partial charge in [0.1, 0.15) is 11.9 Å². The molecule has 0 aromatic heterocycles. The normalized spacial score (nSPS) is 25.1. The summed E-state index contributed by atoms with van der Waals surface area (Å²) in [7, 11) is 0. The summed E-state index contributed by atoms with van der Waals surface area (Å²) in [6.45, 7) is 4.57. The van der Waals surface area contributed by atoms with E-state index in [1.807, 2.05) is 6.07 Å². The van der Waals surface area contributed by atoms with Gasteiger partial charge in [-0.3, -0.25) is 0 Å². The molecule has 0 saturated carbocycles. The van der Waals surface area contributed by atoms with Gasteiger partial charge < -0.3 is 4.74 Å². The van der Waals surface area contributed by atoms with Crippen molar-refractivity contribution in [3.05, 3.63) is 53.6 Å². The fourth-order valence-corrected chi connectivity index (χ4v) is 2.73. The minimum atomic E-state index is 0.0876. The lowest BCUT2D eigenvalue weighted by atomic mass is 9.71. The van der Waals surface area contributed by atoms with Crippen LogP contribution < -0.4 is 4.74 Å². The second-order valence-corrected chi connectivity index (χ2v) is 5.01. The number of rotatable bonds is 0. The van der Waals surface area contributed by atoms with Crippen molar-refractivity contribution < 1.29 is 4.74 Å². The fourth-order valence-electron chi connectivity index (χ4n) is 2.73. The Bertz CT molecular complexity index is 480. The van der Waals surface area contributed by atoms with Crippen LogP contribution in [0.4, 0.5) is 0 Å². The van der Waals surface area contributed by atoms with Gasteiger partial charge in [0.25, 0.3) is 0 Å². The van der Waals surface area contributed by atoms with Crippen molar-refractivity contribution in [3.8, 4) is 5.75 Å². The highest BCUT2D eigenvalue weighted by Crippen LogP contribution is 2.45. The molecule has 0 radical (unpaired) electrons. The van der Waals surface area contributed by atoms with Crippen molar-refractivity contribution in [2.75, 3.05) is 0 Å². The van der Waals surface area contributed by atoms with Crippen molar-refractivity contribution >= 4 is 0 Å². The molecule has 0 saturated heterocycles. The SMILES string of the molecule is CC1(C)C2=CC=CCC2Oc2ccccc21. The van der Waals surface area contributed by atoms with Crippen LogP contribution in [0.1, 0.15) is 25.8 Å². The van der Waals surface area contributed by atoms with Gasteiger partial charge in [0.05, 0.1) is 0 Å². The van der Waals surface area contributed by atoms with E-state index in [-0.39, 0.29) is 11.5 Å². The number of hydrogen-bond acceptors (Lipinski definition) is 1. The zero-order valence-corrected chi connectivity index (χ0v) is 9.73. The van der Waals surface area contributed by atoms with Gasteiger partial charge in [0.15, 0.2) is 0 Å². The Morgan fingerprint density at radius 2 is 2.06 bits per heavy atom. The van der Waals surface area contributed by atoms with Crippen LogP contribution in [-0.2, 0) is 5.41 Å². The molecule has 1 heteroatoms. The third-order valence-electron chi connectivity index (χ3n) is 3.66. The molecule has 1 aromatic rings. The maximum Gasteiger partial charge on any atom is 0.124 e. The lowest BCUT2D eigenvalue weighted by Gasteiger charge is -2.41. The molecule has 1 heterocycles. The molecule has 1 nitrogen and oxygen atoms in total. The monoisotopic (exact) mass is 212 g/mol. The zero-order chi connectivity index (χ0) is 11.2. The van der Waals surface area contributed by atoms with Gasteiger partial charge in [0.2, 0.25) is 0 Å². The predicted molar refractivity (Wildman–Crippen MR) is 65.7 cm³/mol. The molecular weight excluding hydrogens is 196 g/mol. The van der Waals surface area contributed by atoms with E-state index >= 15 is 0 Å². The van der Waals surface area contributed by atoms with Gasteiger partial charge in [-0.15, -0.1) is 0 Å². The van der Waals surface area contributed by atoms with Crippen molar-refractivity contribution in [1.29, 1.82) is 0 Å². The van der Waals surface area contributed by atoms with Gasteiger partial charge in [-0.25, -0.2) is 0 Å². The topological polar surface area (TPSA) is 9.23 Å². The number of para-hydroxylation sites is 1. The minimum absolute atomic E-state index is 0.0876. The molecule has 1 aliphatic heterocycles. The first-order chi connectivity index (χ1) is 7.69. The average Bonchev–Trinajstić information content (AvgIpc) is 2.29. The molecule has 1 atom stereocenters. The highest BCUT2D eigenvalue weighted by molar-refractivity contribution is 5.50. The summed E-state index contributed by atoms with van der Waals surface area (Å²) in [6, 6.07) is 8.38. The summed E-state index contributed by atoms with van der Waals surface area (Å²) >= 11 is 0. The first-order valence-corrected chi connectivity index (χ1v) is 5.83. The molecule has 0 spiro atoms. The van der Waals surface area contributed by atoms with E-state index in [1.54, 1.807) is 0 Å². The summed E-state index contributed by atoms with van der Waals surface area (Å²) in [5.41, 5.74) is 2.78. The molecular formula is C15H16O. The van der Waals surface area contributed by atoms with E-state index in [0.717, 1.165) is 12.2 Å². The fraction of sp³-hybridized carbons (Fsp3) is 0.333. The maximum atomic E-state index is 6.05. The molecule has 1 aromatic carbocycles. The largest absolute Gasteiger partial charge is 0.485 e. The quantitative estimate of drug-likeness (QED) is 0.638. The van der Waals surface area contributed by atoms with Crippen LogP contribution in [0.3, 0.4) is 0 Å². The first kappa shape index (κ1) is 9.71. The second-order valence-electron chi connectivity index (χ2n) is 5.01. The molecule has 0 amide bonds. The minimum Gasteiger partial charge on any atom is -0.485 e. The standard InChI is InChI=1S/C15H16O/c1-15(2)11-7-3-5-9-13(11)16-14-10-6-4-8-12(14)15/h3-9,14H,10H2,1-2H3. The van der Waals surface area contributed by atoms with E-state index in [4.69, 9.17) is 4.74 Å². The van der Waals surface area contributed by atoms with E-state index in [1.165, 1.54) is 11.1 Å². The molecule has 0 N–H and O–H groups in total. The Hall–Kier alpha value is -1.50. The van der Waals surface area contributed by atoms with Gasteiger partial charge >= 0.3 is 0 Å². The molecule has 2 aliphatic rings. The van der Waals surface area contributed by atoms with Gasteiger partial charge in [-0.2, -0.15) is 0 Å². The third kappa shape index (κ3) is 1.24. The molecule has 1 aliphatic carbocycles. The Morgan fingerprint density at radius 3 is 2.94 bits per heavy atom.